The Kier molecular flexibility index (Phi) is 3.20. The van der Waals surface area contributed by atoms with Gasteiger partial charge < -0.3 is 4.57 Å². The van der Waals surface area contributed by atoms with Gasteiger partial charge in [-0.05, 0) is 74.9 Å². The summed E-state index contributed by atoms with van der Waals surface area (Å²) in [5.74, 6) is 2.52. The Morgan fingerprint density at radius 1 is 1.29 bits per heavy atom. The number of pyridine rings is 1. The van der Waals surface area contributed by atoms with E-state index in [1.165, 1.54) is 25.7 Å². The second-order valence-electron chi connectivity index (χ2n) is 5.40. The first-order chi connectivity index (χ1) is 8.13. The second-order valence-corrected chi connectivity index (χ2v) is 7.17. The third kappa shape index (κ3) is 2.26. The number of hydrogen-bond donors (Lipinski definition) is 0. The predicted octanol–water partition coefficient (Wildman–Crippen LogP) is 3.81. The van der Waals surface area contributed by atoms with E-state index in [-0.39, 0.29) is 5.56 Å². The van der Waals surface area contributed by atoms with Gasteiger partial charge in [0.15, 0.2) is 0 Å². The van der Waals surface area contributed by atoms with Crippen LogP contribution in [-0.2, 0) is 6.54 Å². The fourth-order valence-corrected chi connectivity index (χ4v) is 4.81. The van der Waals surface area contributed by atoms with Gasteiger partial charge >= 0.3 is 0 Å². The molecule has 2 fully saturated rings. The largest absolute Gasteiger partial charge is 0.313 e. The van der Waals surface area contributed by atoms with Crippen molar-refractivity contribution in [3.63, 3.8) is 0 Å². The lowest BCUT2D eigenvalue weighted by molar-refractivity contribution is 0.292. The Labute approximate surface area is 118 Å². The number of nitrogens with zero attached hydrogens (tertiary/aromatic N) is 1. The van der Waals surface area contributed by atoms with Crippen molar-refractivity contribution in [1.82, 2.24) is 4.57 Å². The van der Waals surface area contributed by atoms with Crippen molar-refractivity contribution < 1.29 is 0 Å². The van der Waals surface area contributed by atoms with E-state index in [2.05, 4.69) is 31.9 Å². The Morgan fingerprint density at radius 2 is 2.12 bits per heavy atom. The molecule has 0 saturated heterocycles. The molecule has 2 aliphatic rings. The molecule has 0 N–H and O–H groups in total. The second kappa shape index (κ2) is 4.54. The van der Waals surface area contributed by atoms with Crippen molar-refractivity contribution in [3.8, 4) is 0 Å². The van der Waals surface area contributed by atoms with Crippen LogP contribution in [0.5, 0.6) is 0 Å². The summed E-state index contributed by atoms with van der Waals surface area (Å²) < 4.78 is 3.47. The van der Waals surface area contributed by atoms with Crippen molar-refractivity contribution >= 4 is 31.9 Å². The lowest BCUT2D eigenvalue weighted by atomic mass is 9.89. The summed E-state index contributed by atoms with van der Waals surface area (Å²) in [6.45, 7) is 0.887. The normalized spacial score (nSPS) is 31.1. The van der Waals surface area contributed by atoms with Gasteiger partial charge in [-0.3, -0.25) is 4.79 Å². The van der Waals surface area contributed by atoms with Gasteiger partial charge in [-0.15, -0.1) is 0 Å². The summed E-state index contributed by atoms with van der Waals surface area (Å²) in [6, 6.07) is 1.82. The average Bonchev–Trinajstić information content (AvgIpc) is 2.87. The van der Waals surface area contributed by atoms with Crippen molar-refractivity contribution in [2.24, 2.45) is 17.8 Å². The molecule has 1 aromatic rings. The fraction of sp³-hybridized carbons (Fsp3) is 0.615. The van der Waals surface area contributed by atoms with E-state index in [1.807, 2.05) is 16.8 Å². The third-order valence-corrected chi connectivity index (χ3v) is 5.33. The maximum Gasteiger partial charge on any atom is 0.264 e. The molecule has 3 atom stereocenters. The van der Waals surface area contributed by atoms with Gasteiger partial charge in [0.1, 0.15) is 0 Å². The Hall–Kier alpha value is -0.0900. The highest BCUT2D eigenvalue weighted by Gasteiger charge is 2.39. The molecule has 4 heteroatoms. The topological polar surface area (TPSA) is 22.0 Å². The van der Waals surface area contributed by atoms with E-state index in [0.717, 1.165) is 22.9 Å². The van der Waals surface area contributed by atoms with Crippen LogP contribution in [0.1, 0.15) is 25.7 Å². The van der Waals surface area contributed by atoms with Crippen LogP contribution in [0.2, 0.25) is 0 Å². The molecule has 0 aliphatic heterocycles. The quantitative estimate of drug-likeness (QED) is 0.785. The number of aromatic nitrogens is 1. The number of hydrogen-bond acceptors (Lipinski definition) is 1. The molecule has 2 nitrogen and oxygen atoms in total. The maximum atomic E-state index is 12.0. The molecule has 0 amide bonds. The van der Waals surface area contributed by atoms with Gasteiger partial charge in [0.25, 0.3) is 5.56 Å². The summed E-state index contributed by atoms with van der Waals surface area (Å²) in [4.78, 5) is 12.0. The molecule has 2 aliphatic carbocycles. The van der Waals surface area contributed by atoms with E-state index < -0.39 is 0 Å². The van der Waals surface area contributed by atoms with Gasteiger partial charge in [0.2, 0.25) is 0 Å². The summed E-state index contributed by atoms with van der Waals surface area (Å²) in [7, 11) is 0. The van der Waals surface area contributed by atoms with Gasteiger partial charge in [0.05, 0.1) is 4.47 Å². The molecular weight excluding hydrogens is 346 g/mol. The minimum atomic E-state index is 0.0935. The lowest BCUT2D eigenvalue weighted by Gasteiger charge is -2.22. The van der Waals surface area contributed by atoms with Crippen LogP contribution in [0.4, 0.5) is 0 Å². The molecule has 2 bridgehead atoms. The average molecular weight is 361 g/mol. The SMILES string of the molecule is O=c1c(Br)cc(Br)cn1CC1CC2CCC1C2. The molecule has 3 unspecified atom stereocenters. The smallest absolute Gasteiger partial charge is 0.264 e. The highest BCUT2D eigenvalue weighted by atomic mass is 79.9. The van der Waals surface area contributed by atoms with Crippen LogP contribution in [0.25, 0.3) is 0 Å². The lowest BCUT2D eigenvalue weighted by Crippen LogP contribution is -2.26. The van der Waals surface area contributed by atoms with E-state index in [1.54, 1.807) is 0 Å². The summed E-state index contributed by atoms with van der Waals surface area (Å²) >= 11 is 6.77. The first kappa shape index (κ1) is 12.0. The minimum Gasteiger partial charge on any atom is -0.313 e. The van der Waals surface area contributed by atoms with Crippen LogP contribution in [0, 0.1) is 17.8 Å². The van der Waals surface area contributed by atoms with Gasteiger partial charge in [0, 0.05) is 17.2 Å². The molecule has 0 spiro atoms. The molecule has 17 heavy (non-hydrogen) atoms. The fourth-order valence-electron chi connectivity index (χ4n) is 3.55. The van der Waals surface area contributed by atoms with Crippen LogP contribution in [0.3, 0.4) is 0 Å². The standard InChI is InChI=1S/C13H15Br2NO/c14-11-5-12(15)13(17)16(7-11)6-10-4-8-1-2-9(10)3-8/h5,7-10H,1-4,6H2. The first-order valence-electron chi connectivity index (χ1n) is 6.19. The monoisotopic (exact) mass is 359 g/mol. The van der Waals surface area contributed by atoms with Crippen molar-refractivity contribution in [1.29, 1.82) is 0 Å². The minimum absolute atomic E-state index is 0.0935. The predicted molar refractivity (Wildman–Crippen MR) is 75.0 cm³/mol. The summed E-state index contributed by atoms with van der Waals surface area (Å²) in [6.07, 6.45) is 7.42. The number of rotatable bonds is 2. The van der Waals surface area contributed by atoms with Crippen LogP contribution < -0.4 is 5.56 Å². The zero-order valence-corrected chi connectivity index (χ0v) is 12.7. The number of fused-ring (bicyclic) bond motifs is 2. The molecule has 3 rings (SSSR count). The van der Waals surface area contributed by atoms with Gasteiger partial charge in [-0.1, -0.05) is 6.42 Å². The van der Waals surface area contributed by atoms with E-state index >= 15 is 0 Å². The van der Waals surface area contributed by atoms with Crippen LogP contribution in [-0.4, -0.2) is 4.57 Å². The van der Waals surface area contributed by atoms with Crippen molar-refractivity contribution in [3.05, 3.63) is 31.6 Å². The van der Waals surface area contributed by atoms with E-state index in [9.17, 15) is 4.79 Å². The van der Waals surface area contributed by atoms with E-state index in [4.69, 9.17) is 0 Å². The Morgan fingerprint density at radius 3 is 2.76 bits per heavy atom. The Balaban J connectivity index is 1.84. The molecule has 92 valence electrons. The zero-order chi connectivity index (χ0) is 12.0. The summed E-state index contributed by atoms with van der Waals surface area (Å²) in [5.41, 5.74) is 0.0935. The first-order valence-corrected chi connectivity index (χ1v) is 7.77. The van der Waals surface area contributed by atoms with Crippen molar-refractivity contribution in [2.45, 2.75) is 32.2 Å². The third-order valence-electron chi connectivity index (χ3n) is 4.32. The molecule has 2 saturated carbocycles. The van der Waals surface area contributed by atoms with Crippen molar-refractivity contribution in [2.75, 3.05) is 0 Å². The molecular formula is C13H15Br2NO. The zero-order valence-electron chi connectivity index (χ0n) is 9.53. The highest BCUT2D eigenvalue weighted by Crippen LogP contribution is 2.48. The molecule has 1 aromatic heterocycles. The highest BCUT2D eigenvalue weighted by molar-refractivity contribution is 9.11. The van der Waals surface area contributed by atoms with Crippen LogP contribution in [0.15, 0.2) is 26.0 Å². The van der Waals surface area contributed by atoms with E-state index in [0.29, 0.717) is 10.4 Å². The molecule has 0 radical (unpaired) electrons. The van der Waals surface area contributed by atoms with Crippen LogP contribution >= 0.6 is 31.9 Å². The Bertz CT molecular complexity index is 497. The maximum absolute atomic E-state index is 12.0. The number of halogens is 2. The summed E-state index contributed by atoms with van der Waals surface area (Å²) in [5, 5.41) is 0. The van der Waals surface area contributed by atoms with Gasteiger partial charge in [-0.2, -0.15) is 0 Å². The molecule has 0 aromatic carbocycles. The van der Waals surface area contributed by atoms with Gasteiger partial charge in [-0.25, -0.2) is 0 Å². The molecule has 1 heterocycles.